The third-order valence-corrected chi connectivity index (χ3v) is 5.90. The molecule has 0 spiro atoms. The summed E-state index contributed by atoms with van der Waals surface area (Å²) in [5.41, 5.74) is 2.69. The molecule has 4 aromatic rings. The van der Waals surface area contributed by atoms with Gasteiger partial charge in [-0.05, 0) is 12.1 Å². The Labute approximate surface area is 153 Å². The lowest BCUT2D eigenvalue weighted by atomic mass is 9.96. The highest BCUT2D eigenvalue weighted by Crippen LogP contribution is 2.26. The number of quaternary nitrogens is 1. The molecule has 1 aromatic carbocycles. The number of hydrogen-bond donors (Lipinski definition) is 1. The quantitative estimate of drug-likeness (QED) is 0.600. The molecule has 0 saturated carbocycles. The fourth-order valence-electron chi connectivity index (χ4n) is 3.75. The van der Waals surface area contributed by atoms with Crippen molar-refractivity contribution in [3.05, 3.63) is 63.8 Å². The monoisotopic (exact) mass is 367 g/mol. The summed E-state index contributed by atoms with van der Waals surface area (Å²) in [5.74, 6) is 1.24. The maximum atomic E-state index is 12.1. The Balaban J connectivity index is 1.28. The van der Waals surface area contributed by atoms with E-state index >= 15 is 0 Å². The lowest BCUT2D eigenvalue weighted by Gasteiger charge is -2.27. The summed E-state index contributed by atoms with van der Waals surface area (Å²) in [6, 6.07) is 9.59. The predicted octanol–water partition coefficient (Wildman–Crippen LogP) is 1.86. The average molecular weight is 367 g/mol. The molecule has 1 saturated heterocycles. The van der Waals surface area contributed by atoms with Crippen molar-refractivity contribution in [1.29, 1.82) is 0 Å². The van der Waals surface area contributed by atoms with Gasteiger partial charge in [-0.2, -0.15) is 0 Å². The van der Waals surface area contributed by atoms with E-state index in [-0.39, 0.29) is 5.56 Å². The van der Waals surface area contributed by atoms with Gasteiger partial charge in [0, 0.05) is 36.4 Å². The van der Waals surface area contributed by atoms with E-state index < -0.39 is 0 Å². The smallest absolute Gasteiger partial charge is 0.258 e. The van der Waals surface area contributed by atoms with Crippen molar-refractivity contribution in [3.63, 3.8) is 0 Å². The molecule has 7 heteroatoms. The third-order valence-electron chi connectivity index (χ3n) is 5.14. The van der Waals surface area contributed by atoms with Crippen molar-refractivity contribution in [2.45, 2.75) is 25.3 Å². The molecule has 6 nitrogen and oxygen atoms in total. The zero-order chi connectivity index (χ0) is 17.5. The van der Waals surface area contributed by atoms with Crippen molar-refractivity contribution in [2.75, 3.05) is 13.1 Å². The molecule has 1 fully saturated rings. The van der Waals surface area contributed by atoms with E-state index in [1.807, 2.05) is 29.6 Å². The number of oxazole rings is 1. The Kier molecular flexibility index (Phi) is 3.83. The molecular weight excluding hydrogens is 348 g/mol. The van der Waals surface area contributed by atoms with E-state index in [9.17, 15) is 4.79 Å². The van der Waals surface area contributed by atoms with Gasteiger partial charge >= 0.3 is 0 Å². The van der Waals surface area contributed by atoms with Gasteiger partial charge in [0.05, 0.1) is 13.1 Å². The number of nitrogens with one attached hydrogen (secondary N) is 1. The number of para-hydroxylation sites is 2. The largest absolute Gasteiger partial charge is 0.440 e. The Morgan fingerprint density at radius 3 is 2.92 bits per heavy atom. The lowest BCUT2D eigenvalue weighted by molar-refractivity contribution is -0.919. The molecule has 1 aliphatic heterocycles. The molecule has 0 bridgehead atoms. The number of fused-ring (bicyclic) bond motifs is 2. The number of benzene rings is 1. The number of thiazole rings is 1. The zero-order valence-electron chi connectivity index (χ0n) is 14.2. The van der Waals surface area contributed by atoms with Crippen LogP contribution in [0.25, 0.3) is 16.1 Å². The number of nitrogens with zero attached hydrogens (tertiary/aromatic N) is 3. The Hall–Kier alpha value is -2.51. The first-order chi connectivity index (χ1) is 12.8. The van der Waals surface area contributed by atoms with Crippen molar-refractivity contribution in [1.82, 2.24) is 14.4 Å². The first-order valence-electron chi connectivity index (χ1n) is 8.91. The van der Waals surface area contributed by atoms with Crippen molar-refractivity contribution in [2.24, 2.45) is 0 Å². The first-order valence-corrected chi connectivity index (χ1v) is 9.79. The van der Waals surface area contributed by atoms with Crippen molar-refractivity contribution in [3.8, 4) is 0 Å². The molecule has 3 aromatic heterocycles. The van der Waals surface area contributed by atoms with Crippen LogP contribution in [0.3, 0.4) is 0 Å². The summed E-state index contributed by atoms with van der Waals surface area (Å²) in [4.78, 5) is 23.6. The van der Waals surface area contributed by atoms with Gasteiger partial charge in [-0.25, -0.2) is 9.97 Å². The van der Waals surface area contributed by atoms with Gasteiger partial charge in [-0.1, -0.05) is 12.1 Å². The minimum Gasteiger partial charge on any atom is -0.440 e. The normalized spacial score (nSPS) is 20.8. The second-order valence-corrected chi connectivity index (χ2v) is 7.74. The summed E-state index contributed by atoms with van der Waals surface area (Å²) in [6.45, 7) is 2.87. The minimum absolute atomic E-state index is 0.00649. The number of hydrogen-bond acceptors (Lipinski definition) is 5. The number of likely N-dealkylation sites (tertiary alicyclic amines) is 1. The van der Waals surface area contributed by atoms with E-state index in [4.69, 9.17) is 4.42 Å². The van der Waals surface area contributed by atoms with Crippen LogP contribution in [-0.4, -0.2) is 27.5 Å². The van der Waals surface area contributed by atoms with Crippen molar-refractivity contribution >= 4 is 27.4 Å². The number of piperidine rings is 1. The van der Waals surface area contributed by atoms with E-state index in [0.29, 0.717) is 5.92 Å². The third kappa shape index (κ3) is 2.83. The second kappa shape index (κ2) is 6.34. The van der Waals surface area contributed by atoms with Crippen LogP contribution in [0.5, 0.6) is 0 Å². The molecule has 0 unspecified atom stereocenters. The molecule has 0 aliphatic carbocycles. The van der Waals surface area contributed by atoms with Crippen LogP contribution in [0, 0.1) is 0 Å². The van der Waals surface area contributed by atoms with Crippen LogP contribution >= 0.6 is 11.3 Å². The highest BCUT2D eigenvalue weighted by atomic mass is 32.1. The van der Waals surface area contributed by atoms with Gasteiger partial charge in [0.1, 0.15) is 17.8 Å². The Morgan fingerprint density at radius 1 is 1.23 bits per heavy atom. The van der Waals surface area contributed by atoms with Gasteiger partial charge in [0.15, 0.2) is 16.4 Å². The molecule has 0 atom stereocenters. The van der Waals surface area contributed by atoms with Gasteiger partial charge in [-0.15, -0.1) is 11.3 Å². The van der Waals surface area contributed by atoms with Crippen LogP contribution in [0.1, 0.15) is 30.3 Å². The summed E-state index contributed by atoms with van der Waals surface area (Å²) in [6.07, 6.45) is 3.86. The van der Waals surface area contributed by atoms with E-state index in [0.717, 1.165) is 60.1 Å². The van der Waals surface area contributed by atoms with Gasteiger partial charge in [-0.3, -0.25) is 9.20 Å². The molecule has 5 rings (SSSR count). The van der Waals surface area contributed by atoms with Crippen LogP contribution in [0.4, 0.5) is 0 Å². The molecular formula is C19H19N4O2S+. The molecule has 26 heavy (non-hydrogen) atoms. The maximum absolute atomic E-state index is 12.1. The van der Waals surface area contributed by atoms with E-state index in [2.05, 4.69) is 9.97 Å². The first kappa shape index (κ1) is 15.7. The zero-order valence-corrected chi connectivity index (χ0v) is 15.0. The molecule has 1 N–H and O–H groups in total. The standard InChI is InChI=1S/C19H18N4O2S/c24-17-11-14(20-19-23(17)9-10-26-19)12-22-7-5-13(6-8-22)18-21-15-3-1-2-4-16(15)25-18/h1-4,9-11,13H,5-8,12H2/p+1. The predicted molar refractivity (Wildman–Crippen MR) is 99.7 cm³/mol. The fraction of sp³-hybridized carbons (Fsp3) is 0.316. The van der Waals surface area contributed by atoms with Gasteiger partial charge in [0.2, 0.25) is 0 Å². The highest BCUT2D eigenvalue weighted by molar-refractivity contribution is 7.15. The molecule has 0 radical (unpaired) electrons. The number of aromatic nitrogens is 3. The average Bonchev–Trinajstić information content (AvgIpc) is 3.29. The topological polar surface area (TPSA) is 64.8 Å². The summed E-state index contributed by atoms with van der Waals surface area (Å²) in [5, 5.41) is 1.90. The second-order valence-electron chi connectivity index (χ2n) is 6.86. The minimum atomic E-state index is 0.00649. The lowest BCUT2D eigenvalue weighted by Crippen LogP contribution is -3.11. The van der Waals surface area contributed by atoms with E-state index in [1.165, 1.54) is 16.2 Å². The SMILES string of the molecule is O=c1cc(C[NH+]2CCC(c3nc4ccccc4o3)CC2)nc2sccn12. The molecule has 132 valence electrons. The Morgan fingerprint density at radius 2 is 2.08 bits per heavy atom. The maximum Gasteiger partial charge on any atom is 0.258 e. The molecule has 0 amide bonds. The van der Waals surface area contributed by atoms with Gasteiger partial charge in [0.25, 0.3) is 5.56 Å². The molecule has 1 aliphatic rings. The van der Waals surface area contributed by atoms with Crippen LogP contribution in [0.15, 0.2) is 51.1 Å². The fourth-order valence-corrected chi connectivity index (χ4v) is 4.49. The summed E-state index contributed by atoms with van der Waals surface area (Å²) < 4.78 is 7.54. The number of rotatable bonds is 3. The Bertz CT molecular complexity index is 1090. The highest BCUT2D eigenvalue weighted by Gasteiger charge is 2.27. The van der Waals surface area contributed by atoms with Crippen LogP contribution in [0.2, 0.25) is 0 Å². The van der Waals surface area contributed by atoms with Crippen molar-refractivity contribution < 1.29 is 9.32 Å². The van der Waals surface area contributed by atoms with Crippen LogP contribution in [-0.2, 0) is 6.54 Å². The van der Waals surface area contributed by atoms with E-state index in [1.54, 1.807) is 16.7 Å². The molecule has 4 heterocycles. The van der Waals surface area contributed by atoms with Gasteiger partial charge < -0.3 is 9.32 Å². The summed E-state index contributed by atoms with van der Waals surface area (Å²) >= 11 is 1.50. The summed E-state index contributed by atoms with van der Waals surface area (Å²) in [7, 11) is 0. The van der Waals surface area contributed by atoms with Crippen LogP contribution < -0.4 is 10.5 Å².